The van der Waals surface area contributed by atoms with Gasteiger partial charge in [0, 0.05) is 0 Å². The first-order valence-corrected chi connectivity index (χ1v) is 5.54. The number of benzene rings is 1. The monoisotopic (exact) mass is 240 g/mol. The highest BCUT2D eigenvalue weighted by Gasteiger charge is 2.13. The summed E-state index contributed by atoms with van der Waals surface area (Å²) >= 11 is 3.53. The van der Waals surface area contributed by atoms with Crippen molar-refractivity contribution in [2.75, 3.05) is 6.61 Å². The van der Waals surface area contributed by atoms with E-state index in [9.17, 15) is 0 Å². The fraction of sp³-hybridized carbons (Fsp3) is 0.455. The lowest BCUT2D eigenvalue weighted by Gasteiger charge is -2.08. The highest BCUT2D eigenvalue weighted by Crippen LogP contribution is 2.33. The quantitative estimate of drug-likeness (QED) is 0.771. The van der Waals surface area contributed by atoms with Crippen LogP contribution in [0, 0.1) is 0 Å². The van der Waals surface area contributed by atoms with Crippen molar-refractivity contribution in [2.45, 2.75) is 26.2 Å². The predicted molar refractivity (Wildman–Crippen MR) is 57.3 cm³/mol. The van der Waals surface area contributed by atoms with Crippen molar-refractivity contribution in [3.8, 4) is 5.75 Å². The zero-order valence-electron chi connectivity index (χ0n) is 7.77. The van der Waals surface area contributed by atoms with E-state index in [2.05, 4.69) is 28.1 Å². The van der Waals surface area contributed by atoms with E-state index in [-0.39, 0.29) is 0 Å². The zero-order valence-corrected chi connectivity index (χ0v) is 9.36. The maximum atomic E-state index is 5.52. The van der Waals surface area contributed by atoms with Gasteiger partial charge in [-0.25, -0.2) is 0 Å². The van der Waals surface area contributed by atoms with Crippen molar-refractivity contribution < 1.29 is 4.74 Å². The largest absolute Gasteiger partial charge is 0.493 e. The third-order valence-electron chi connectivity index (χ3n) is 2.45. The van der Waals surface area contributed by atoms with Crippen LogP contribution in [-0.4, -0.2) is 6.61 Å². The molecule has 2 rings (SSSR count). The Morgan fingerprint density at radius 1 is 1.31 bits per heavy atom. The average molecular weight is 241 g/mol. The van der Waals surface area contributed by atoms with E-state index in [1.807, 2.05) is 6.92 Å². The van der Waals surface area contributed by atoms with Gasteiger partial charge in [0.25, 0.3) is 0 Å². The minimum atomic E-state index is 0.734. The van der Waals surface area contributed by atoms with Crippen molar-refractivity contribution in [1.29, 1.82) is 0 Å². The number of aryl methyl sites for hydroxylation is 2. The number of rotatable bonds is 2. The molecule has 0 radical (unpaired) electrons. The van der Waals surface area contributed by atoms with Gasteiger partial charge in [-0.15, -0.1) is 0 Å². The Kier molecular flexibility index (Phi) is 2.58. The minimum Gasteiger partial charge on any atom is -0.493 e. The SMILES string of the molecule is CCOc1cc2c(cc1Br)CCC2. The van der Waals surface area contributed by atoms with Crippen LogP contribution in [0.5, 0.6) is 5.75 Å². The Balaban J connectivity index is 2.37. The molecule has 1 aliphatic carbocycles. The average Bonchev–Trinajstić information content (AvgIpc) is 2.52. The van der Waals surface area contributed by atoms with E-state index in [1.165, 1.54) is 30.4 Å². The molecule has 0 saturated heterocycles. The number of hydrogen-bond donors (Lipinski definition) is 0. The van der Waals surface area contributed by atoms with Crippen LogP contribution in [0.1, 0.15) is 24.5 Å². The normalized spacial score (nSPS) is 14.3. The first-order valence-electron chi connectivity index (χ1n) is 4.75. The molecule has 1 aromatic rings. The fourth-order valence-corrected chi connectivity index (χ4v) is 2.34. The molecule has 1 nitrogen and oxygen atoms in total. The van der Waals surface area contributed by atoms with Gasteiger partial charge in [-0.05, 0) is 65.4 Å². The van der Waals surface area contributed by atoms with Crippen LogP contribution in [0.4, 0.5) is 0 Å². The molecule has 0 heterocycles. The smallest absolute Gasteiger partial charge is 0.133 e. The summed E-state index contributed by atoms with van der Waals surface area (Å²) in [6.45, 7) is 2.75. The molecule has 0 fully saturated rings. The molecule has 13 heavy (non-hydrogen) atoms. The Bertz CT molecular complexity index is 320. The second-order valence-corrected chi connectivity index (χ2v) is 4.19. The molecule has 0 saturated carbocycles. The Hall–Kier alpha value is -0.500. The molecule has 0 N–H and O–H groups in total. The van der Waals surface area contributed by atoms with Gasteiger partial charge in [0.1, 0.15) is 5.75 Å². The van der Waals surface area contributed by atoms with Gasteiger partial charge in [-0.1, -0.05) is 0 Å². The molecular weight excluding hydrogens is 228 g/mol. The second-order valence-electron chi connectivity index (χ2n) is 3.34. The van der Waals surface area contributed by atoms with Crippen LogP contribution in [0.25, 0.3) is 0 Å². The number of fused-ring (bicyclic) bond motifs is 1. The number of hydrogen-bond acceptors (Lipinski definition) is 1. The maximum absolute atomic E-state index is 5.52. The molecule has 1 aromatic carbocycles. The highest BCUT2D eigenvalue weighted by molar-refractivity contribution is 9.10. The van der Waals surface area contributed by atoms with Crippen molar-refractivity contribution >= 4 is 15.9 Å². The summed E-state index contributed by atoms with van der Waals surface area (Å²) in [6.07, 6.45) is 3.72. The summed E-state index contributed by atoms with van der Waals surface area (Å²) in [5.41, 5.74) is 2.95. The summed E-state index contributed by atoms with van der Waals surface area (Å²) in [5.74, 6) is 0.989. The maximum Gasteiger partial charge on any atom is 0.133 e. The standard InChI is InChI=1S/C11H13BrO/c1-2-13-11-7-9-5-3-4-8(9)6-10(11)12/h6-7H,2-5H2,1H3. The van der Waals surface area contributed by atoms with Gasteiger partial charge in [-0.2, -0.15) is 0 Å². The molecule has 0 amide bonds. The molecule has 0 unspecified atom stereocenters. The summed E-state index contributed by atoms with van der Waals surface area (Å²) in [4.78, 5) is 0. The molecule has 0 atom stereocenters. The van der Waals surface area contributed by atoms with Crippen molar-refractivity contribution in [2.24, 2.45) is 0 Å². The Morgan fingerprint density at radius 3 is 2.69 bits per heavy atom. The molecule has 0 aliphatic heterocycles. The van der Waals surface area contributed by atoms with Gasteiger partial charge in [-0.3, -0.25) is 0 Å². The topological polar surface area (TPSA) is 9.23 Å². The van der Waals surface area contributed by atoms with E-state index in [1.54, 1.807) is 0 Å². The van der Waals surface area contributed by atoms with E-state index >= 15 is 0 Å². The van der Waals surface area contributed by atoms with Crippen molar-refractivity contribution in [1.82, 2.24) is 0 Å². The van der Waals surface area contributed by atoms with E-state index in [4.69, 9.17) is 4.74 Å². The first-order chi connectivity index (χ1) is 6.31. The number of halogens is 1. The fourth-order valence-electron chi connectivity index (χ4n) is 1.84. The lowest BCUT2D eigenvalue weighted by molar-refractivity contribution is 0.338. The summed E-state index contributed by atoms with van der Waals surface area (Å²) in [7, 11) is 0. The van der Waals surface area contributed by atoms with Crippen LogP contribution in [0.2, 0.25) is 0 Å². The molecule has 0 aromatic heterocycles. The first kappa shape index (κ1) is 9.07. The van der Waals surface area contributed by atoms with Crippen molar-refractivity contribution in [3.05, 3.63) is 27.7 Å². The van der Waals surface area contributed by atoms with Crippen LogP contribution < -0.4 is 4.74 Å². The third-order valence-corrected chi connectivity index (χ3v) is 3.07. The van der Waals surface area contributed by atoms with Gasteiger partial charge in [0.15, 0.2) is 0 Å². The van der Waals surface area contributed by atoms with Gasteiger partial charge in [0.2, 0.25) is 0 Å². The van der Waals surface area contributed by atoms with E-state index < -0.39 is 0 Å². The third kappa shape index (κ3) is 1.73. The summed E-state index contributed by atoms with van der Waals surface area (Å²) in [5, 5.41) is 0. The second kappa shape index (κ2) is 3.70. The zero-order chi connectivity index (χ0) is 9.26. The van der Waals surface area contributed by atoms with Crippen LogP contribution in [-0.2, 0) is 12.8 Å². The molecule has 0 bridgehead atoms. The lowest BCUT2D eigenvalue weighted by Crippen LogP contribution is -1.94. The molecular formula is C11H13BrO. The van der Waals surface area contributed by atoms with Crippen molar-refractivity contribution in [3.63, 3.8) is 0 Å². The highest BCUT2D eigenvalue weighted by atomic mass is 79.9. The van der Waals surface area contributed by atoms with Crippen LogP contribution in [0.3, 0.4) is 0 Å². The minimum absolute atomic E-state index is 0.734. The van der Waals surface area contributed by atoms with Crippen LogP contribution in [0.15, 0.2) is 16.6 Å². The van der Waals surface area contributed by atoms with E-state index in [0.29, 0.717) is 0 Å². The Labute approximate surface area is 87.2 Å². The van der Waals surface area contributed by atoms with Crippen LogP contribution >= 0.6 is 15.9 Å². The molecule has 0 spiro atoms. The Morgan fingerprint density at radius 2 is 2.00 bits per heavy atom. The van der Waals surface area contributed by atoms with Gasteiger partial charge in [0.05, 0.1) is 11.1 Å². The van der Waals surface area contributed by atoms with Gasteiger partial charge >= 0.3 is 0 Å². The van der Waals surface area contributed by atoms with Gasteiger partial charge < -0.3 is 4.74 Å². The predicted octanol–water partition coefficient (Wildman–Crippen LogP) is 3.34. The molecule has 1 aliphatic rings. The molecule has 2 heteroatoms. The van der Waals surface area contributed by atoms with E-state index in [0.717, 1.165) is 16.8 Å². The summed E-state index contributed by atoms with van der Waals surface area (Å²) < 4.78 is 6.61. The lowest BCUT2D eigenvalue weighted by atomic mass is 10.1. The number of ether oxygens (including phenoxy) is 1. The summed E-state index contributed by atoms with van der Waals surface area (Å²) in [6, 6.07) is 4.38. The molecule has 70 valence electrons.